The fraction of sp³-hybridized carbons (Fsp3) is 0.538. The van der Waals surface area contributed by atoms with E-state index >= 15 is 0 Å². The van der Waals surface area contributed by atoms with Gasteiger partial charge in [0.25, 0.3) is 11.8 Å². The highest BCUT2D eigenvalue weighted by molar-refractivity contribution is 5.99. The SMILES string of the molecule is Cc1cc(=O)oc(C)c1C(=O)N[C@H]1CCCCNC(=O)[C@@H](C)NC(=O)c2nc(oc2C)[C@H](C(C)C)NC1=O. The lowest BCUT2D eigenvalue weighted by Crippen LogP contribution is -2.49. The first-order valence-corrected chi connectivity index (χ1v) is 12.7. The maximum absolute atomic E-state index is 13.5. The van der Waals surface area contributed by atoms with Crippen LogP contribution in [0.4, 0.5) is 0 Å². The van der Waals surface area contributed by atoms with Gasteiger partial charge < -0.3 is 30.1 Å². The lowest BCUT2D eigenvalue weighted by Gasteiger charge is -2.24. The van der Waals surface area contributed by atoms with Crippen molar-refractivity contribution in [2.75, 3.05) is 6.54 Å². The molecule has 3 heterocycles. The van der Waals surface area contributed by atoms with Crippen molar-refractivity contribution >= 4 is 23.6 Å². The van der Waals surface area contributed by atoms with E-state index in [-0.39, 0.29) is 46.9 Å². The summed E-state index contributed by atoms with van der Waals surface area (Å²) >= 11 is 0. The molecule has 2 aromatic rings. The Morgan fingerprint density at radius 2 is 1.74 bits per heavy atom. The van der Waals surface area contributed by atoms with E-state index in [1.165, 1.54) is 13.0 Å². The van der Waals surface area contributed by atoms with Crippen LogP contribution in [0, 0.1) is 26.7 Å². The molecule has 0 saturated carbocycles. The Kier molecular flexibility index (Phi) is 9.08. The second-order valence-corrected chi connectivity index (χ2v) is 9.87. The van der Waals surface area contributed by atoms with Gasteiger partial charge in [0.2, 0.25) is 17.7 Å². The van der Waals surface area contributed by atoms with Gasteiger partial charge in [-0.05, 0) is 58.4 Å². The van der Waals surface area contributed by atoms with Crippen LogP contribution in [0.15, 0.2) is 19.7 Å². The molecule has 0 radical (unpaired) electrons. The van der Waals surface area contributed by atoms with Crippen molar-refractivity contribution < 1.29 is 28.0 Å². The fourth-order valence-electron chi connectivity index (χ4n) is 4.29. The fourth-order valence-corrected chi connectivity index (χ4v) is 4.29. The Morgan fingerprint density at radius 1 is 1.03 bits per heavy atom. The van der Waals surface area contributed by atoms with Crippen LogP contribution in [0.5, 0.6) is 0 Å². The molecule has 3 atom stereocenters. The maximum atomic E-state index is 13.5. The number of nitrogens with one attached hydrogen (secondary N) is 4. The van der Waals surface area contributed by atoms with Crippen molar-refractivity contribution in [3.63, 3.8) is 0 Å². The summed E-state index contributed by atoms with van der Waals surface area (Å²) in [5.74, 6) is -1.56. The van der Waals surface area contributed by atoms with Crippen molar-refractivity contribution in [1.29, 1.82) is 0 Å². The number of oxazole rings is 1. The van der Waals surface area contributed by atoms with E-state index in [4.69, 9.17) is 8.83 Å². The zero-order valence-corrected chi connectivity index (χ0v) is 22.5. The Morgan fingerprint density at radius 3 is 2.39 bits per heavy atom. The first-order valence-electron chi connectivity index (χ1n) is 12.7. The van der Waals surface area contributed by atoms with Gasteiger partial charge in [0.15, 0.2) is 5.69 Å². The van der Waals surface area contributed by atoms with Gasteiger partial charge in [0, 0.05) is 12.6 Å². The van der Waals surface area contributed by atoms with Gasteiger partial charge in [-0.25, -0.2) is 9.78 Å². The lowest BCUT2D eigenvalue weighted by molar-refractivity contribution is -0.124. The molecule has 4 N–H and O–H groups in total. The maximum Gasteiger partial charge on any atom is 0.336 e. The number of aryl methyl sites for hydroxylation is 3. The largest absolute Gasteiger partial charge is 0.443 e. The highest BCUT2D eigenvalue weighted by Crippen LogP contribution is 2.24. The number of carbonyl (C=O) groups is 4. The second-order valence-electron chi connectivity index (χ2n) is 9.87. The minimum absolute atomic E-state index is 0.0213. The molecule has 0 aliphatic carbocycles. The van der Waals surface area contributed by atoms with Crippen LogP contribution in [0.25, 0.3) is 0 Å². The summed E-state index contributed by atoms with van der Waals surface area (Å²) < 4.78 is 10.8. The third-order valence-electron chi connectivity index (χ3n) is 6.40. The third kappa shape index (κ3) is 6.67. The summed E-state index contributed by atoms with van der Waals surface area (Å²) in [7, 11) is 0. The third-order valence-corrected chi connectivity index (χ3v) is 6.40. The predicted octanol–water partition coefficient (Wildman–Crippen LogP) is 1.58. The first-order chi connectivity index (χ1) is 17.9. The molecule has 38 heavy (non-hydrogen) atoms. The minimum Gasteiger partial charge on any atom is -0.443 e. The van der Waals surface area contributed by atoms with E-state index in [0.29, 0.717) is 24.9 Å². The molecule has 4 amide bonds. The zero-order valence-electron chi connectivity index (χ0n) is 22.5. The van der Waals surface area contributed by atoms with Crippen LogP contribution < -0.4 is 26.9 Å². The topological polar surface area (TPSA) is 173 Å². The number of hydrogen-bond donors (Lipinski definition) is 4. The van der Waals surface area contributed by atoms with E-state index in [9.17, 15) is 24.0 Å². The number of fused-ring (bicyclic) bond motifs is 2. The van der Waals surface area contributed by atoms with Crippen LogP contribution in [0.1, 0.15) is 89.9 Å². The quantitative estimate of drug-likeness (QED) is 0.464. The van der Waals surface area contributed by atoms with Crippen molar-refractivity contribution in [3.05, 3.63) is 50.7 Å². The molecule has 2 aromatic heterocycles. The van der Waals surface area contributed by atoms with E-state index in [1.807, 2.05) is 13.8 Å². The average Bonchev–Trinajstić information content (AvgIpc) is 3.20. The van der Waals surface area contributed by atoms with E-state index in [0.717, 1.165) is 0 Å². The Hall–Kier alpha value is -3.96. The number of nitrogens with zero attached hydrogens (tertiary/aromatic N) is 1. The van der Waals surface area contributed by atoms with Gasteiger partial charge in [-0.15, -0.1) is 0 Å². The molecule has 1 aliphatic heterocycles. The van der Waals surface area contributed by atoms with Crippen LogP contribution in [-0.2, 0) is 9.59 Å². The van der Waals surface area contributed by atoms with Crippen LogP contribution >= 0.6 is 0 Å². The van der Waals surface area contributed by atoms with Gasteiger partial charge in [0.05, 0.1) is 5.56 Å². The summed E-state index contributed by atoms with van der Waals surface area (Å²) in [5, 5.41) is 11.1. The summed E-state index contributed by atoms with van der Waals surface area (Å²) in [6, 6.07) is -1.19. The standard InChI is InChI=1S/C26H35N5O7/c1-12(2)20-26-31-21(16(6)38-26)25(36)28-14(4)22(33)27-10-8-7-9-17(23(34)30-20)29-24(35)19-13(3)11-18(32)37-15(19)5/h11-12,14,17,20H,7-10H2,1-6H3,(H,27,33)(H,28,36)(H,29,35)(H,30,34)/t14-,17+,20+/m1/s1. The molecular weight excluding hydrogens is 494 g/mol. The minimum atomic E-state index is -0.934. The molecule has 0 fully saturated rings. The van der Waals surface area contributed by atoms with Gasteiger partial charge in [0.1, 0.15) is 29.6 Å². The molecule has 0 aromatic carbocycles. The zero-order chi connectivity index (χ0) is 28.1. The Labute approximate surface area is 220 Å². The van der Waals surface area contributed by atoms with Gasteiger partial charge in [-0.3, -0.25) is 19.2 Å². The van der Waals surface area contributed by atoms with Crippen molar-refractivity contribution in [1.82, 2.24) is 26.3 Å². The van der Waals surface area contributed by atoms with Crippen LogP contribution in [-0.4, -0.2) is 47.2 Å². The summed E-state index contributed by atoms with van der Waals surface area (Å²) in [4.78, 5) is 67.8. The van der Waals surface area contributed by atoms with Gasteiger partial charge in [-0.1, -0.05) is 13.8 Å². The number of rotatable bonds is 3. The van der Waals surface area contributed by atoms with Crippen molar-refractivity contribution in [3.8, 4) is 0 Å². The molecule has 12 nitrogen and oxygen atoms in total. The molecule has 206 valence electrons. The highest BCUT2D eigenvalue weighted by Gasteiger charge is 2.31. The molecule has 2 bridgehead atoms. The molecule has 0 unspecified atom stereocenters. The molecule has 3 rings (SSSR count). The molecular formula is C26H35N5O7. The van der Waals surface area contributed by atoms with E-state index < -0.39 is 41.5 Å². The predicted molar refractivity (Wildman–Crippen MR) is 136 cm³/mol. The Balaban J connectivity index is 1.93. The Bertz CT molecular complexity index is 1250. The number of aromatic nitrogens is 1. The van der Waals surface area contributed by atoms with Gasteiger partial charge in [-0.2, -0.15) is 0 Å². The summed E-state index contributed by atoms with van der Waals surface area (Å²) in [6.45, 7) is 10.3. The van der Waals surface area contributed by atoms with Crippen molar-refractivity contribution in [2.45, 2.75) is 78.9 Å². The number of amides is 4. The second kappa shape index (κ2) is 12.1. The van der Waals surface area contributed by atoms with E-state index in [2.05, 4.69) is 26.3 Å². The van der Waals surface area contributed by atoms with Gasteiger partial charge >= 0.3 is 5.63 Å². The van der Waals surface area contributed by atoms with E-state index in [1.54, 1.807) is 20.8 Å². The van der Waals surface area contributed by atoms with Crippen LogP contribution in [0.3, 0.4) is 0 Å². The molecule has 0 saturated heterocycles. The molecule has 1 aliphatic rings. The van der Waals surface area contributed by atoms with Crippen LogP contribution in [0.2, 0.25) is 0 Å². The average molecular weight is 530 g/mol. The normalized spacial score (nSPS) is 21.4. The first kappa shape index (κ1) is 28.6. The molecule has 12 heteroatoms. The lowest BCUT2D eigenvalue weighted by atomic mass is 10.0. The number of carbonyl (C=O) groups excluding carboxylic acids is 4. The monoisotopic (exact) mass is 529 g/mol. The summed E-state index contributed by atoms with van der Waals surface area (Å²) in [5.41, 5.74) is 0.0745. The highest BCUT2D eigenvalue weighted by atomic mass is 16.4. The smallest absolute Gasteiger partial charge is 0.336 e. The summed E-state index contributed by atoms with van der Waals surface area (Å²) in [6.07, 6.45) is 1.34. The molecule has 0 spiro atoms. The van der Waals surface area contributed by atoms with Crippen molar-refractivity contribution in [2.24, 2.45) is 5.92 Å². The number of hydrogen-bond acceptors (Lipinski definition) is 8.